The highest BCUT2D eigenvalue weighted by atomic mass is 14.2. The number of nitrogens with zero attached hydrogens (tertiary/aromatic N) is 1. The first kappa shape index (κ1) is 11.0. The van der Waals surface area contributed by atoms with Crippen molar-refractivity contribution in [3.05, 3.63) is 60.2 Å². The van der Waals surface area contributed by atoms with Crippen LogP contribution in [0.25, 0.3) is 11.1 Å². The molecule has 80 valence electrons. The minimum atomic E-state index is 0.267. The van der Waals surface area contributed by atoms with Crippen LogP contribution in [0.5, 0.6) is 0 Å². The lowest BCUT2D eigenvalue weighted by molar-refractivity contribution is 1.39. The van der Waals surface area contributed by atoms with Gasteiger partial charge in [-0.05, 0) is 17.2 Å². The predicted molar refractivity (Wildman–Crippen MR) is 69.0 cm³/mol. The van der Waals surface area contributed by atoms with Gasteiger partial charge in [0.1, 0.15) is 0 Å². The van der Waals surface area contributed by atoms with Crippen LogP contribution in [0.1, 0.15) is 12.0 Å². The third-order valence-corrected chi connectivity index (χ3v) is 2.40. The van der Waals surface area contributed by atoms with Crippen molar-refractivity contribution in [2.75, 3.05) is 0 Å². The number of rotatable bonds is 1. The Morgan fingerprint density at radius 2 is 1.59 bits per heavy atom. The molecule has 0 radical (unpaired) electrons. The standard InChI is InChI=1S/C16H11N/c17-13-7-6-11-15-10-4-5-12-16(15)14-8-2-1-3-9-14/h1-5,8-10,12H,7H2. The molecule has 0 aromatic heterocycles. The van der Waals surface area contributed by atoms with Crippen molar-refractivity contribution in [1.82, 2.24) is 0 Å². The monoisotopic (exact) mass is 217 g/mol. The summed E-state index contributed by atoms with van der Waals surface area (Å²) in [6.45, 7) is 0. The highest BCUT2D eigenvalue weighted by molar-refractivity contribution is 5.70. The minimum absolute atomic E-state index is 0.267. The molecule has 0 spiro atoms. The van der Waals surface area contributed by atoms with Crippen molar-refractivity contribution >= 4 is 0 Å². The Morgan fingerprint density at radius 3 is 2.35 bits per heavy atom. The molecule has 2 aromatic carbocycles. The molecular weight excluding hydrogens is 206 g/mol. The van der Waals surface area contributed by atoms with Gasteiger partial charge >= 0.3 is 0 Å². The fourth-order valence-corrected chi connectivity index (χ4v) is 1.64. The van der Waals surface area contributed by atoms with Crippen LogP contribution in [-0.2, 0) is 0 Å². The smallest absolute Gasteiger partial charge is 0.0966 e. The van der Waals surface area contributed by atoms with Gasteiger partial charge in [0.05, 0.1) is 12.5 Å². The summed E-state index contributed by atoms with van der Waals surface area (Å²) in [7, 11) is 0. The Labute approximate surface area is 101 Å². The molecule has 0 bridgehead atoms. The second-order valence-electron chi connectivity index (χ2n) is 3.55. The van der Waals surface area contributed by atoms with Crippen LogP contribution in [-0.4, -0.2) is 0 Å². The summed E-state index contributed by atoms with van der Waals surface area (Å²) in [6, 6.07) is 20.1. The molecule has 17 heavy (non-hydrogen) atoms. The predicted octanol–water partition coefficient (Wildman–Crippen LogP) is 3.62. The van der Waals surface area contributed by atoms with Crippen LogP contribution < -0.4 is 0 Å². The maximum Gasteiger partial charge on any atom is 0.0966 e. The fourth-order valence-electron chi connectivity index (χ4n) is 1.64. The number of hydrogen-bond acceptors (Lipinski definition) is 1. The molecule has 0 heterocycles. The number of nitriles is 1. The second-order valence-corrected chi connectivity index (χ2v) is 3.55. The van der Waals surface area contributed by atoms with Gasteiger partial charge in [-0.3, -0.25) is 0 Å². The van der Waals surface area contributed by atoms with Gasteiger partial charge in [0.15, 0.2) is 0 Å². The molecule has 2 rings (SSSR count). The Kier molecular flexibility index (Phi) is 3.58. The second kappa shape index (κ2) is 5.54. The van der Waals surface area contributed by atoms with Crippen molar-refractivity contribution in [1.29, 1.82) is 5.26 Å². The zero-order chi connectivity index (χ0) is 11.9. The third kappa shape index (κ3) is 2.74. The van der Waals surface area contributed by atoms with Gasteiger partial charge in [-0.2, -0.15) is 5.26 Å². The van der Waals surface area contributed by atoms with Gasteiger partial charge in [-0.25, -0.2) is 0 Å². The zero-order valence-electron chi connectivity index (χ0n) is 9.35. The molecule has 0 amide bonds. The lowest BCUT2D eigenvalue weighted by Gasteiger charge is -2.03. The lowest BCUT2D eigenvalue weighted by Crippen LogP contribution is -1.83. The van der Waals surface area contributed by atoms with E-state index in [2.05, 4.69) is 24.0 Å². The maximum absolute atomic E-state index is 8.48. The Bertz CT molecular complexity index is 595. The quantitative estimate of drug-likeness (QED) is 0.669. The van der Waals surface area contributed by atoms with Crippen molar-refractivity contribution in [2.45, 2.75) is 6.42 Å². The zero-order valence-corrected chi connectivity index (χ0v) is 9.35. The van der Waals surface area contributed by atoms with E-state index in [1.165, 1.54) is 0 Å². The first-order chi connectivity index (χ1) is 8.42. The van der Waals surface area contributed by atoms with Crippen LogP contribution in [0.15, 0.2) is 54.6 Å². The SMILES string of the molecule is N#CCC#Cc1ccccc1-c1ccccc1. The Morgan fingerprint density at radius 1 is 0.882 bits per heavy atom. The summed E-state index contributed by atoms with van der Waals surface area (Å²) in [5.74, 6) is 5.89. The molecule has 0 aliphatic heterocycles. The molecule has 0 saturated heterocycles. The van der Waals surface area contributed by atoms with Crippen LogP contribution in [0, 0.1) is 23.2 Å². The molecule has 0 aliphatic rings. The van der Waals surface area contributed by atoms with Gasteiger partial charge in [0.25, 0.3) is 0 Å². The summed E-state index contributed by atoms with van der Waals surface area (Å²) < 4.78 is 0. The van der Waals surface area contributed by atoms with E-state index in [1.807, 2.05) is 48.5 Å². The molecule has 0 saturated carbocycles. The van der Waals surface area contributed by atoms with Crippen LogP contribution in [0.3, 0.4) is 0 Å². The summed E-state index contributed by atoms with van der Waals surface area (Å²) in [5, 5.41) is 8.48. The summed E-state index contributed by atoms with van der Waals surface area (Å²) in [4.78, 5) is 0. The molecule has 0 N–H and O–H groups in total. The number of hydrogen-bond donors (Lipinski definition) is 0. The first-order valence-corrected chi connectivity index (χ1v) is 5.42. The van der Waals surface area contributed by atoms with Crippen molar-refractivity contribution in [3.63, 3.8) is 0 Å². The van der Waals surface area contributed by atoms with E-state index in [0.717, 1.165) is 16.7 Å². The van der Waals surface area contributed by atoms with E-state index in [4.69, 9.17) is 5.26 Å². The van der Waals surface area contributed by atoms with Gasteiger partial charge in [0, 0.05) is 5.56 Å². The fraction of sp³-hybridized carbons (Fsp3) is 0.0625. The van der Waals surface area contributed by atoms with Crippen LogP contribution in [0.4, 0.5) is 0 Å². The van der Waals surface area contributed by atoms with Gasteiger partial charge in [-0.15, -0.1) is 0 Å². The highest BCUT2D eigenvalue weighted by Gasteiger charge is 2.00. The van der Waals surface area contributed by atoms with E-state index in [-0.39, 0.29) is 6.42 Å². The molecule has 0 atom stereocenters. The molecular formula is C16H11N. The maximum atomic E-state index is 8.48. The largest absolute Gasteiger partial charge is 0.197 e. The topological polar surface area (TPSA) is 23.8 Å². The van der Waals surface area contributed by atoms with E-state index in [1.54, 1.807) is 0 Å². The molecule has 0 aliphatic carbocycles. The van der Waals surface area contributed by atoms with Crippen LogP contribution in [0.2, 0.25) is 0 Å². The number of benzene rings is 2. The summed E-state index contributed by atoms with van der Waals surface area (Å²) >= 11 is 0. The van der Waals surface area contributed by atoms with Crippen molar-refractivity contribution < 1.29 is 0 Å². The van der Waals surface area contributed by atoms with E-state index in [9.17, 15) is 0 Å². The van der Waals surface area contributed by atoms with E-state index < -0.39 is 0 Å². The summed E-state index contributed by atoms with van der Waals surface area (Å²) in [5.41, 5.74) is 3.22. The summed E-state index contributed by atoms with van der Waals surface area (Å²) in [6.07, 6.45) is 0.267. The highest BCUT2D eigenvalue weighted by Crippen LogP contribution is 2.22. The van der Waals surface area contributed by atoms with Gasteiger partial charge in [-0.1, -0.05) is 60.4 Å². The molecule has 0 unspecified atom stereocenters. The minimum Gasteiger partial charge on any atom is -0.197 e. The van der Waals surface area contributed by atoms with Gasteiger partial charge in [0.2, 0.25) is 0 Å². The lowest BCUT2D eigenvalue weighted by atomic mass is 10.00. The third-order valence-electron chi connectivity index (χ3n) is 2.40. The molecule has 1 heteroatoms. The molecule has 1 nitrogen and oxygen atoms in total. The molecule has 0 fully saturated rings. The average Bonchev–Trinajstić information content (AvgIpc) is 2.41. The van der Waals surface area contributed by atoms with Crippen molar-refractivity contribution in [2.24, 2.45) is 0 Å². The van der Waals surface area contributed by atoms with Gasteiger partial charge < -0.3 is 0 Å². The Balaban J connectivity index is 2.43. The van der Waals surface area contributed by atoms with E-state index in [0.29, 0.717) is 0 Å². The average molecular weight is 217 g/mol. The van der Waals surface area contributed by atoms with E-state index >= 15 is 0 Å². The normalized spacial score (nSPS) is 8.88. The Hall–Kier alpha value is -2.51. The van der Waals surface area contributed by atoms with Crippen LogP contribution >= 0.6 is 0 Å². The first-order valence-electron chi connectivity index (χ1n) is 5.42. The molecule has 2 aromatic rings. The van der Waals surface area contributed by atoms with Crippen molar-refractivity contribution in [3.8, 4) is 29.0 Å².